The van der Waals surface area contributed by atoms with Crippen LogP contribution in [0.4, 0.5) is 28.4 Å². The summed E-state index contributed by atoms with van der Waals surface area (Å²) in [6.07, 6.45) is -2.37. The van der Waals surface area contributed by atoms with E-state index < -0.39 is 41.7 Å². The number of alkyl halides is 3. The van der Waals surface area contributed by atoms with E-state index in [9.17, 15) is 42.3 Å². The molecular formula is C45H53F3N8O7. The zero-order valence-electron chi connectivity index (χ0n) is 35.6. The van der Waals surface area contributed by atoms with Gasteiger partial charge >= 0.3 is 18.4 Å². The van der Waals surface area contributed by atoms with E-state index in [4.69, 9.17) is 4.74 Å². The maximum atomic E-state index is 13.9. The number of amides is 5. The van der Waals surface area contributed by atoms with Crippen molar-refractivity contribution in [3.8, 4) is 22.5 Å². The smallest absolute Gasteiger partial charge is 0.451 e. The highest BCUT2D eigenvalue weighted by atomic mass is 19.4. The quantitative estimate of drug-likeness (QED) is 0.0841. The zero-order chi connectivity index (χ0) is 45.5. The number of nitrogens with one attached hydrogen (secondary N) is 5. The molecule has 15 nitrogen and oxygen atoms in total. The first kappa shape index (κ1) is 46.1. The van der Waals surface area contributed by atoms with Crippen LogP contribution in [0.2, 0.25) is 0 Å². The molecule has 3 aromatic carbocycles. The third-order valence-corrected chi connectivity index (χ3v) is 11.2. The highest BCUT2D eigenvalue weighted by Gasteiger charge is 2.35. The molecule has 1 atom stereocenters. The predicted octanol–water partition coefficient (Wildman–Crippen LogP) is 7.34. The molecule has 18 heteroatoms. The number of anilines is 1. The average Bonchev–Trinajstić information content (AvgIpc) is 3.75. The fraction of sp³-hybridized carbons (Fsp3) is 0.444. The molecule has 1 saturated carbocycles. The lowest BCUT2D eigenvalue weighted by Gasteiger charge is -2.30. The van der Waals surface area contributed by atoms with Crippen LogP contribution in [-0.2, 0) is 26.9 Å². The van der Waals surface area contributed by atoms with Crippen LogP contribution in [0.3, 0.4) is 0 Å². The number of hydrogen-bond donors (Lipinski definition) is 6. The van der Waals surface area contributed by atoms with E-state index in [0.717, 1.165) is 22.3 Å². The number of piperidine rings is 1. The SMILES string of the molecule is Cc1cc(C(=O)NC2CCN(C(=O)O)CC2)ccc1-c1ccc(C[C@H](NC(=O)C2CCC(CNC(=O)OC(C)(C)C)CC2)C(=O)Nc2ccc(-c3n[nH]c(C(F)(F)F)n3)cc2)cc1. The van der Waals surface area contributed by atoms with Crippen molar-refractivity contribution in [1.82, 2.24) is 36.0 Å². The van der Waals surface area contributed by atoms with Gasteiger partial charge in [-0.3, -0.25) is 19.5 Å². The van der Waals surface area contributed by atoms with Crippen LogP contribution in [0.15, 0.2) is 66.7 Å². The van der Waals surface area contributed by atoms with Crippen LogP contribution in [0.25, 0.3) is 22.5 Å². The van der Waals surface area contributed by atoms with Gasteiger partial charge in [-0.1, -0.05) is 30.3 Å². The first-order valence-electron chi connectivity index (χ1n) is 21.0. The molecule has 1 saturated heterocycles. The molecule has 0 unspecified atom stereocenters. The lowest BCUT2D eigenvalue weighted by atomic mass is 9.81. The van der Waals surface area contributed by atoms with E-state index in [1.807, 2.05) is 48.4 Å². The van der Waals surface area contributed by atoms with Crippen LogP contribution < -0.4 is 21.3 Å². The van der Waals surface area contributed by atoms with Gasteiger partial charge in [0.25, 0.3) is 5.91 Å². The van der Waals surface area contributed by atoms with Crippen LogP contribution in [0.5, 0.6) is 0 Å². The number of likely N-dealkylation sites (tertiary alicyclic amines) is 1. The number of benzene rings is 3. The van der Waals surface area contributed by atoms with Gasteiger partial charge in [-0.2, -0.15) is 18.3 Å². The molecule has 0 radical (unpaired) electrons. The summed E-state index contributed by atoms with van der Waals surface area (Å²) in [4.78, 5) is 69.0. The number of carbonyl (C=O) groups is 5. The summed E-state index contributed by atoms with van der Waals surface area (Å²) in [6.45, 7) is 8.44. The van der Waals surface area contributed by atoms with Crippen LogP contribution in [0.1, 0.15) is 86.6 Å². The number of carbonyl (C=O) groups excluding carboxylic acids is 4. The molecule has 5 amide bonds. The summed E-state index contributed by atoms with van der Waals surface area (Å²) in [6, 6.07) is 17.9. The number of hydrogen-bond acceptors (Lipinski definition) is 8. The van der Waals surface area contributed by atoms with Gasteiger partial charge in [0.15, 0.2) is 5.82 Å². The number of aryl methyl sites for hydroxylation is 1. The molecule has 0 spiro atoms. The fourth-order valence-corrected chi connectivity index (χ4v) is 7.79. The summed E-state index contributed by atoms with van der Waals surface area (Å²) >= 11 is 0. The predicted molar refractivity (Wildman–Crippen MR) is 227 cm³/mol. The molecule has 4 aromatic rings. The standard InChI is InChI=1S/C45H53F3N8O7/c1-26-23-32(39(58)50-34-19-21-56(22-20-34)43(61)62)15-18-35(26)29-9-5-27(6-10-29)24-36(52-38(57)31-11-7-28(8-12-31)25-49-42(60)63-44(2,3)4)40(59)51-33-16-13-30(14-17-33)37-53-41(55-54-37)45(46,47)48/h5-6,9-10,13-18,23,28,31,34,36H,7-8,11-12,19-22,24-25H2,1-4H3,(H,49,60)(H,50,58)(H,51,59)(H,52,57)(H,61,62)(H,53,54,55)/t28?,31?,36-/m0/s1. The molecule has 63 heavy (non-hydrogen) atoms. The average molecular weight is 875 g/mol. The molecule has 336 valence electrons. The minimum atomic E-state index is -4.69. The normalized spacial score (nSPS) is 17.6. The van der Waals surface area contributed by atoms with E-state index in [2.05, 4.69) is 31.3 Å². The Bertz CT molecular complexity index is 2260. The van der Waals surface area contributed by atoms with Crippen molar-refractivity contribution >= 4 is 35.6 Å². The van der Waals surface area contributed by atoms with E-state index in [0.29, 0.717) is 75.0 Å². The molecule has 0 bridgehead atoms. The van der Waals surface area contributed by atoms with Gasteiger partial charge in [-0.05, 0) is 131 Å². The second-order valence-corrected chi connectivity index (χ2v) is 17.2. The molecule has 6 rings (SSSR count). The van der Waals surface area contributed by atoms with Crippen LogP contribution >= 0.6 is 0 Å². The lowest BCUT2D eigenvalue weighted by molar-refractivity contribution is -0.144. The van der Waals surface area contributed by atoms with E-state index in [1.165, 1.54) is 29.2 Å². The van der Waals surface area contributed by atoms with E-state index in [-0.39, 0.29) is 41.9 Å². The largest absolute Gasteiger partial charge is 0.465 e. The lowest BCUT2D eigenvalue weighted by Crippen LogP contribution is -2.48. The van der Waals surface area contributed by atoms with Gasteiger partial charge < -0.3 is 36.0 Å². The second-order valence-electron chi connectivity index (χ2n) is 17.2. The molecule has 2 aliphatic rings. The third-order valence-electron chi connectivity index (χ3n) is 11.2. The number of nitrogens with zero attached hydrogens (tertiary/aromatic N) is 3. The number of carboxylic acid groups (broad SMARTS) is 1. The summed E-state index contributed by atoms with van der Waals surface area (Å²) in [5, 5.41) is 26.4. The Morgan fingerprint density at radius 3 is 2.13 bits per heavy atom. The molecular weight excluding hydrogens is 822 g/mol. The van der Waals surface area contributed by atoms with Crippen molar-refractivity contribution in [2.75, 3.05) is 25.0 Å². The second kappa shape index (κ2) is 19.7. The Morgan fingerprint density at radius 2 is 1.54 bits per heavy atom. The third kappa shape index (κ3) is 12.8. The highest BCUT2D eigenvalue weighted by molar-refractivity contribution is 5.98. The van der Waals surface area contributed by atoms with Gasteiger partial charge in [0, 0.05) is 54.8 Å². The molecule has 1 aromatic heterocycles. The summed E-state index contributed by atoms with van der Waals surface area (Å²) in [5.74, 6) is -2.55. The zero-order valence-corrected chi connectivity index (χ0v) is 35.6. The van der Waals surface area contributed by atoms with Gasteiger partial charge in [0.2, 0.25) is 17.6 Å². The van der Waals surface area contributed by atoms with E-state index in [1.54, 1.807) is 26.8 Å². The molecule has 2 heterocycles. The van der Waals surface area contributed by atoms with Crippen molar-refractivity contribution < 1.29 is 47.0 Å². The van der Waals surface area contributed by atoms with Crippen molar-refractivity contribution in [3.05, 3.63) is 89.2 Å². The van der Waals surface area contributed by atoms with Gasteiger partial charge in [0.05, 0.1) is 0 Å². The maximum Gasteiger partial charge on any atom is 0.451 e. The highest BCUT2D eigenvalue weighted by Crippen LogP contribution is 2.31. The Kier molecular flexibility index (Phi) is 14.4. The number of rotatable bonds is 12. The Morgan fingerprint density at radius 1 is 0.889 bits per heavy atom. The number of H-pyrrole nitrogens is 1. The molecule has 1 aliphatic heterocycles. The Balaban J connectivity index is 1.11. The number of aromatic nitrogens is 3. The van der Waals surface area contributed by atoms with Crippen molar-refractivity contribution in [2.24, 2.45) is 11.8 Å². The summed E-state index contributed by atoms with van der Waals surface area (Å²) in [7, 11) is 0. The summed E-state index contributed by atoms with van der Waals surface area (Å²) < 4.78 is 44.5. The number of alkyl carbamates (subject to hydrolysis) is 1. The van der Waals surface area contributed by atoms with Crippen molar-refractivity contribution in [3.63, 3.8) is 0 Å². The van der Waals surface area contributed by atoms with Crippen LogP contribution in [-0.4, -0.2) is 92.4 Å². The fourth-order valence-electron chi connectivity index (χ4n) is 7.79. The number of ether oxygens (including phenoxy) is 1. The maximum absolute atomic E-state index is 13.9. The Hall–Kier alpha value is -6.46. The van der Waals surface area contributed by atoms with Crippen LogP contribution in [0, 0.1) is 18.8 Å². The van der Waals surface area contributed by atoms with Gasteiger partial charge in [-0.15, -0.1) is 0 Å². The monoisotopic (exact) mass is 874 g/mol. The topological polar surface area (TPSA) is 208 Å². The van der Waals surface area contributed by atoms with Crippen molar-refractivity contribution in [2.45, 2.75) is 96.5 Å². The Labute approximate surface area is 363 Å². The first-order valence-corrected chi connectivity index (χ1v) is 21.0. The van der Waals surface area contributed by atoms with Gasteiger partial charge in [0.1, 0.15) is 11.6 Å². The molecule has 2 fully saturated rings. The number of aromatic amines is 1. The number of halogens is 3. The van der Waals surface area contributed by atoms with Gasteiger partial charge in [-0.25, -0.2) is 14.6 Å². The first-order chi connectivity index (χ1) is 29.8. The minimum Gasteiger partial charge on any atom is -0.465 e. The summed E-state index contributed by atoms with van der Waals surface area (Å²) in [5.41, 5.74) is 3.92. The van der Waals surface area contributed by atoms with Crippen molar-refractivity contribution in [1.29, 1.82) is 0 Å². The molecule has 6 N–H and O–H groups in total. The molecule has 1 aliphatic carbocycles. The van der Waals surface area contributed by atoms with E-state index >= 15 is 0 Å². The minimum absolute atomic E-state index is 0.116.